The molecule has 142 valence electrons. The molecule has 1 heterocycles. The van der Waals surface area contributed by atoms with E-state index < -0.39 is 0 Å². The maximum Gasteiger partial charge on any atom is 0.191 e. The predicted octanol–water partition coefficient (Wildman–Crippen LogP) is 3.23. The molecule has 2 aromatic rings. The van der Waals surface area contributed by atoms with Crippen LogP contribution in [0, 0.1) is 0 Å². The van der Waals surface area contributed by atoms with Crippen molar-refractivity contribution in [2.24, 2.45) is 12.0 Å². The summed E-state index contributed by atoms with van der Waals surface area (Å²) in [6, 6.07) is 10.6. The molecule has 0 aliphatic heterocycles. The Hall–Kier alpha value is -2.30. The normalized spacial score (nSPS) is 11.6. The van der Waals surface area contributed by atoms with Crippen LogP contribution in [0.25, 0.3) is 0 Å². The zero-order chi connectivity index (χ0) is 18.8. The standard InChI is InChI=1S/C21H33N5/c1-5-19-18(20(6-2)26(4)25-19)16-24-21(22-7-3)23-15-11-14-17-12-9-8-10-13-17/h8-10,12-13H,5-7,11,14-16H2,1-4H3,(H2,22,23,24). The molecule has 0 spiro atoms. The lowest BCUT2D eigenvalue weighted by Gasteiger charge is -2.12. The van der Waals surface area contributed by atoms with Gasteiger partial charge in [0.2, 0.25) is 0 Å². The number of hydrogen-bond donors (Lipinski definition) is 2. The van der Waals surface area contributed by atoms with Crippen LogP contribution in [-0.2, 0) is 32.9 Å². The van der Waals surface area contributed by atoms with Crippen molar-refractivity contribution in [3.63, 3.8) is 0 Å². The van der Waals surface area contributed by atoms with Gasteiger partial charge in [-0.15, -0.1) is 0 Å². The number of nitrogens with zero attached hydrogens (tertiary/aromatic N) is 3. The highest BCUT2D eigenvalue weighted by Gasteiger charge is 2.13. The van der Waals surface area contributed by atoms with Crippen molar-refractivity contribution in [3.05, 3.63) is 52.8 Å². The summed E-state index contributed by atoms with van der Waals surface area (Å²) >= 11 is 0. The first-order valence-electron chi connectivity index (χ1n) is 9.79. The Morgan fingerprint density at radius 1 is 1.08 bits per heavy atom. The quantitative estimate of drug-likeness (QED) is 0.412. The number of aliphatic imine (C=N–C) groups is 1. The Labute approximate surface area is 157 Å². The molecule has 0 fully saturated rings. The van der Waals surface area contributed by atoms with Crippen LogP contribution in [0.15, 0.2) is 35.3 Å². The van der Waals surface area contributed by atoms with Gasteiger partial charge in [-0.05, 0) is 38.2 Å². The SMILES string of the molecule is CCNC(=NCc1c(CC)nn(C)c1CC)NCCCc1ccccc1. The smallest absolute Gasteiger partial charge is 0.191 e. The largest absolute Gasteiger partial charge is 0.357 e. The van der Waals surface area contributed by atoms with Gasteiger partial charge in [0.05, 0.1) is 12.2 Å². The lowest BCUT2D eigenvalue weighted by Crippen LogP contribution is -2.37. The minimum atomic E-state index is 0.675. The number of guanidine groups is 1. The van der Waals surface area contributed by atoms with Crippen molar-refractivity contribution in [1.82, 2.24) is 20.4 Å². The topological polar surface area (TPSA) is 54.2 Å². The minimum Gasteiger partial charge on any atom is -0.357 e. The van der Waals surface area contributed by atoms with Crippen LogP contribution in [0.1, 0.15) is 49.7 Å². The Morgan fingerprint density at radius 2 is 1.85 bits per heavy atom. The summed E-state index contributed by atoms with van der Waals surface area (Å²) in [7, 11) is 2.03. The second kappa shape index (κ2) is 10.6. The van der Waals surface area contributed by atoms with E-state index in [4.69, 9.17) is 4.99 Å². The van der Waals surface area contributed by atoms with E-state index >= 15 is 0 Å². The Morgan fingerprint density at radius 3 is 2.50 bits per heavy atom. The van der Waals surface area contributed by atoms with E-state index in [-0.39, 0.29) is 0 Å². The van der Waals surface area contributed by atoms with E-state index in [2.05, 4.69) is 66.8 Å². The molecule has 2 rings (SSSR count). The second-order valence-corrected chi connectivity index (χ2v) is 6.41. The number of aryl methyl sites for hydroxylation is 3. The monoisotopic (exact) mass is 355 g/mol. The van der Waals surface area contributed by atoms with Crippen LogP contribution in [-0.4, -0.2) is 28.8 Å². The molecule has 26 heavy (non-hydrogen) atoms. The molecule has 0 aliphatic rings. The van der Waals surface area contributed by atoms with Gasteiger partial charge in [-0.3, -0.25) is 4.68 Å². The molecular formula is C21H33N5. The third-order valence-electron chi connectivity index (χ3n) is 4.54. The van der Waals surface area contributed by atoms with Crippen molar-refractivity contribution < 1.29 is 0 Å². The van der Waals surface area contributed by atoms with E-state index in [0.29, 0.717) is 6.54 Å². The highest BCUT2D eigenvalue weighted by Crippen LogP contribution is 2.16. The lowest BCUT2D eigenvalue weighted by atomic mass is 10.1. The first kappa shape index (κ1) is 20.0. The first-order valence-corrected chi connectivity index (χ1v) is 9.79. The van der Waals surface area contributed by atoms with E-state index in [1.165, 1.54) is 16.8 Å². The van der Waals surface area contributed by atoms with Gasteiger partial charge >= 0.3 is 0 Å². The fourth-order valence-electron chi connectivity index (χ4n) is 3.22. The fraction of sp³-hybridized carbons (Fsp3) is 0.524. The second-order valence-electron chi connectivity index (χ2n) is 6.41. The molecule has 0 saturated carbocycles. The van der Waals surface area contributed by atoms with E-state index in [1.54, 1.807) is 0 Å². The van der Waals surface area contributed by atoms with E-state index in [0.717, 1.165) is 50.4 Å². The summed E-state index contributed by atoms with van der Waals surface area (Å²) in [5.74, 6) is 0.883. The van der Waals surface area contributed by atoms with Crippen molar-refractivity contribution in [2.45, 2.75) is 53.0 Å². The highest BCUT2D eigenvalue weighted by atomic mass is 15.3. The molecule has 1 aromatic carbocycles. The zero-order valence-electron chi connectivity index (χ0n) is 16.7. The average molecular weight is 356 g/mol. The highest BCUT2D eigenvalue weighted by molar-refractivity contribution is 5.79. The van der Waals surface area contributed by atoms with E-state index in [1.807, 2.05) is 11.7 Å². The van der Waals surface area contributed by atoms with Gasteiger partial charge in [0.25, 0.3) is 0 Å². The molecule has 0 unspecified atom stereocenters. The average Bonchev–Trinajstić information content (AvgIpc) is 2.98. The van der Waals surface area contributed by atoms with Crippen LogP contribution in [0.4, 0.5) is 0 Å². The molecule has 5 heteroatoms. The summed E-state index contributed by atoms with van der Waals surface area (Å²) in [5.41, 5.74) is 5.10. The maximum absolute atomic E-state index is 4.80. The molecule has 0 aliphatic carbocycles. The maximum atomic E-state index is 4.80. The number of benzene rings is 1. The number of hydrogen-bond acceptors (Lipinski definition) is 2. The molecule has 0 amide bonds. The van der Waals surface area contributed by atoms with Crippen molar-refractivity contribution in [1.29, 1.82) is 0 Å². The summed E-state index contributed by atoms with van der Waals surface area (Å²) in [5, 5.41) is 11.4. The molecule has 2 N–H and O–H groups in total. The summed E-state index contributed by atoms with van der Waals surface area (Å²) in [6.07, 6.45) is 4.09. The Bertz CT molecular complexity index is 688. The van der Waals surface area contributed by atoms with Crippen molar-refractivity contribution in [2.75, 3.05) is 13.1 Å². The van der Waals surface area contributed by atoms with Crippen LogP contribution < -0.4 is 10.6 Å². The van der Waals surface area contributed by atoms with Gasteiger partial charge in [-0.2, -0.15) is 5.10 Å². The van der Waals surface area contributed by atoms with E-state index in [9.17, 15) is 0 Å². The van der Waals surface area contributed by atoms with Crippen molar-refractivity contribution >= 4 is 5.96 Å². The Kier molecular flexibility index (Phi) is 8.19. The summed E-state index contributed by atoms with van der Waals surface area (Å²) in [6.45, 7) is 8.88. The van der Waals surface area contributed by atoms with Crippen LogP contribution in [0.2, 0.25) is 0 Å². The minimum absolute atomic E-state index is 0.675. The lowest BCUT2D eigenvalue weighted by molar-refractivity contribution is 0.703. The number of nitrogens with one attached hydrogen (secondary N) is 2. The van der Waals surface area contributed by atoms with Crippen LogP contribution in [0.3, 0.4) is 0 Å². The van der Waals surface area contributed by atoms with Gasteiger partial charge in [-0.1, -0.05) is 44.2 Å². The predicted molar refractivity (Wildman–Crippen MR) is 110 cm³/mol. The fourth-order valence-corrected chi connectivity index (χ4v) is 3.22. The van der Waals surface area contributed by atoms with Gasteiger partial charge in [0, 0.05) is 31.4 Å². The van der Waals surface area contributed by atoms with Gasteiger partial charge < -0.3 is 10.6 Å². The molecule has 0 atom stereocenters. The van der Waals surface area contributed by atoms with Crippen molar-refractivity contribution in [3.8, 4) is 0 Å². The summed E-state index contributed by atoms with van der Waals surface area (Å²) in [4.78, 5) is 4.80. The first-order chi connectivity index (χ1) is 12.7. The zero-order valence-corrected chi connectivity index (χ0v) is 16.7. The number of aromatic nitrogens is 2. The summed E-state index contributed by atoms with van der Waals surface area (Å²) < 4.78 is 2.00. The third kappa shape index (κ3) is 5.61. The molecule has 0 saturated heterocycles. The molecular weight excluding hydrogens is 322 g/mol. The Balaban J connectivity index is 1.94. The van der Waals surface area contributed by atoms with Gasteiger partial charge in [0.1, 0.15) is 0 Å². The molecule has 1 aromatic heterocycles. The van der Waals surface area contributed by atoms with Gasteiger partial charge in [0.15, 0.2) is 5.96 Å². The molecule has 5 nitrogen and oxygen atoms in total. The van der Waals surface area contributed by atoms with Crippen LogP contribution >= 0.6 is 0 Å². The number of rotatable bonds is 9. The van der Waals surface area contributed by atoms with Gasteiger partial charge in [-0.25, -0.2) is 4.99 Å². The molecule has 0 bridgehead atoms. The third-order valence-corrected chi connectivity index (χ3v) is 4.54. The molecule has 0 radical (unpaired) electrons. The van der Waals surface area contributed by atoms with Crippen LogP contribution in [0.5, 0.6) is 0 Å².